The van der Waals surface area contributed by atoms with Gasteiger partial charge in [-0.25, -0.2) is 0 Å². The maximum Gasteiger partial charge on any atom is 0.235 e. The Morgan fingerprint density at radius 1 is 1.09 bits per heavy atom. The van der Waals surface area contributed by atoms with Crippen molar-refractivity contribution >= 4 is 6.08 Å². The van der Waals surface area contributed by atoms with Gasteiger partial charge in [-0.05, 0) is 37.1 Å². The minimum atomic E-state index is -0.498. The third-order valence-corrected chi connectivity index (χ3v) is 3.17. The zero-order chi connectivity index (χ0) is 16.7. The van der Waals surface area contributed by atoms with E-state index in [1.165, 1.54) is 11.6 Å². The van der Waals surface area contributed by atoms with Crippen molar-refractivity contribution < 1.29 is 14.4 Å². The third kappa shape index (κ3) is 5.14. The topological polar surface area (TPSA) is 61.6 Å². The molecule has 5 heteroatoms. The molecule has 0 heterocycles. The normalized spacial score (nSPS) is 10.7. The largest absolute Gasteiger partial charge is 0.490 e. The van der Waals surface area contributed by atoms with Crippen LogP contribution in [0.3, 0.4) is 0 Å². The van der Waals surface area contributed by atoms with E-state index < -0.39 is 4.92 Å². The zero-order valence-corrected chi connectivity index (χ0v) is 13.2. The molecule has 0 saturated carbocycles. The molecular formula is C18H19NO4. The molecule has 5 nitrogen and oxygen atoms in total. The van der Waals surface area contributed by atoms with E-state index >= 15 is 0 Å². The average Bonchev–Trinajstić information content (AvgIpc) is 2.54. The second-order valence-electron chi connectivity index (χ2n) is 5.01. The van der Waals surface area contributed by atoms with Gasteiger partial charge in [0.2, 0.25) is 6.20 Å². The van der Waals surface area contributed by atoms with E-state index in [2.05, 4.69) is 0 Å². The van der Waals surface area contributed by atoms with E-state index in [9.17, 15) is 10.1 Å². The van der Waals surface area contributed by atoms with Gasteiger partial charge in [0.15, 0.2) is 11.5 Å². The lowest BCUT2D eigenvalue weighted by Crippen LogP contribution is -2.00. The van der Waals surface area contributed by atoms with Crippen LogP contribution in [0.1, 0.15) is 23.6 Å². The Bertz CT molecular complexity index is 693. The molecule has 2 aromatic rings. The van der Waals surface area contributed by atoms with Crippen LogP contribution < -0.4 is 9.47 Å². The molecule has 0 spiro atoms. The summed E-state index contributed by atoms with van der Waals surface area (Å²) >= 11 is 0. The summed E-state index contributed by atoms with van der Waals surface area (Å²) in [6.07, 6.45) is 2.32. The second-order valence-corrected chi connectivity index (χ2v) is 5.01. The Morgan fingerprint density at radius 3 is 2.48 bits per heavy atom. The van der Waals surface area contributed by atoms with Crippen LogP contribution in [0.2, 0.25) is 0 Å². The lowest BCUT2D eigenvalue weighted by atomic mass is 10.1. The zero-order valence-electron chi connectivity index (χ0n) is 13.2. The predicted octanol–water partition coefficient (Wildman–Crippen LogP) is 4.22. The molecule has 0 radical (unpaired) electrons. The fourth-order valence-corrected chi connectivity index (χ4v) is 2.01. The molecule has 0 N–H and O–H groups in total. The molecule has 0 atom stereocenters. The number of aryl methyl sites for hydroxylation is 1. The van der Waals surface area contributed by atoms with Crippen molar-refractivity contribution in [2.45, 2.75) is 20.5 Å². The van der Waals surface area contributed by atoms with Gasteiger partial charge in [0.25, 0.3) is 0 Å². The summed E-state index contributed by atoms with van der Waals surface area (Å²) < 4.78 is 11.4. The lowest BCUT2D eigenvalue weighted by Gasteiger charge is -2.12. The van der Waals surface area contributed by atoms with Crippen molar-refractivity contribution in [3.05, 3.63) is 75.5 Å². The number of benzene rings is 2. The Hall–Kier alpha value is -2.82. The highest BCUT2D eigenvalue weighted by Crippen LogP contribution is 2.29. The minimum absolute atomic E-state index is 0.435. The van der Waals surface area contributed by atoms with Crippen LogP contribution in [0.5, 0.6) is 11.5 Å². The lowest BCUT2D eigenvalue weighted by molar-refractivity contribution is -0.400. The Labute approximate surface area is 135 Å². The van der Waals surface area contributed by atoms with Crippen molar-refractivity contribution in [1.29, 1.82) is 0 Å². The van der Waals surface area contributed by atoms with E-state index in [1.807, 2.05) is 38.1 Å². The van der Waals surface area contributed by atoms with Crippen LogP contribution >= 0.6 is 0 Å². The quantitative estimate of drug-likeness (QED) is 0.567. The number of nitro groups is 1. The molecule has 23 heavy (non-hydrogen) atoms. The van der Waals surface area contributed by atoms with Crippen molar-refractivity contribution in [3.8, 4) is 11.5 Å². The van der Waals surface area contributed by atoms with Crippen molar-refractivity contribution in [2.24, 2.45) is 0 Å². The van der Waals surface area contributed by atoms with E-state index in [1.54, 1.807) is 18.2 Å². The van der Waals surface area contributed by atoms with Gasteiger partial charge in [-0.3, -0.25) is 10.1 Å². The molecule has 120 valence electrons. The number of nitrogens with zero attached hydrogens (tertiary/aromatic N) is 1. The van der Waals surface area contributed by atoms with Crippen LogP contribution in [0.15, 0.2) is 48.7 Å². The molecule has 0 aliphatic heterocycles. The van der Waals surface area contributed by atoms with Crippen LogP contribution in [0.25, 0.3) is 6.08 Å². The van der Waals surface area contributed by atoms with Gasteiger partial charge in [0.1, 0.15) is 6.61 Å². The van der Waals surface area contributed by atoms with Gasteiger partial charge in [0, 0.05) is 6.08 Å². The van der Waals surface area contributed by atoms with Crippen LogP contribution in [-0.2, 0) is 6.61 Å². The molecule has 0 unspecified atom stereocenters. The summed E-state index contributed by atoms with van der Waals surface area (Å²) in [5.41, 5.74) is 2.95. The van der Waals surface area contributed by atoms with Crippen molar-refractivity contribution in [2.75, 3.05) is 6.61 Å². The Kier molecular flexibility index (Phi) is 5.74. The monoisotopic (exact) mass is 313 g/mol. The van der Waals surface area contributed by atoms with E-state index in [4.69, 9.17) is 9.47 Å². The van der Waals surface area contributed by atoms with E-state index in [0.717, 1.165) is 11.8 Å². The predicted molar refractivity (Wildman–Crippen MR) is 89.2 cm³/mol. The van der Waals surface area contributed by atoms with Crippen LogP contribution in [0.4, 0.5) is 0 Å². The number of hydrogen-bond donors (Lipinski definition) is 0. The molecule has 0 saturated heterocycles. The molecular weight excluding hydrogens is 294 g/mol. The first kappa shape index (κ1) is 16.5. The fourth-order valence-electron chi connectivity index (χ4n) is 2.01. The summed E-state index contributed by atoms with van der Waals surface area (Å²) in [4.78, 5) is 9.90. The molecule has 2 aromatic carbocycles. The molecule has 0 amide bonds. The minimum Gasteiger partial charge on any atom is -0.490 e. The van der Waals surface area contributed by atoms with Crippen molar-refractivity contribution in [3.63, 3.8) is 0 Å². The Morgan fingerprint density at radius 2 is 1.83 bits per heavy atom. The van der Waals surface area contributed by atoms with E-state index in [0.29, 0.717) is 30.3 Å². The molecule has 0 bridgehead atoms. The molecule has 0 aromatic heterocycles. The summed E-state index contributed by atoms with van der Waals surface area (Å²) in [5, 5.41) is 10.4. The maximum absolute atomic E-state index is 10.4. The summed E-state index contributed by atoms with van der Waals surface area (Å²) in [6.45, 7) is 4.84. The number of rotatable bonds is 7. The SMILES string of the molecule is CCOc1cc(/C=C/[N+](=O)[O-])ccc1OCc1ccc(C)cc1. The van der Waals surface area contributed by atoms with Gasteiger partial charge in [0.05, 0.1) is 11.5 Å². The second kappa shape index (κ2) is 7.98. The smallest absolute Gasteiger partial charge is 0.235 e. The summed E-state index contributed by atoms with van der Waals surface area (Å²) in [5.74, 6) is 1.19. The van der Waals surface area contributed by atoms with Gasteiger partial charge in [-0.2, -0.15) is 0 Å². The molecule has 2 rings (SSSR count). The number of hydrogen-bond acceptors (Lipinski definition) is 4. The first-order valence-corrected chi connectivity index (χ1v) is 7.35. The summed E-state index contributed by atoms with van der Waals surface area (Å²) in [6, 6.07) is 13.4. The van der Waals surface area contributed by atoms with Crippen LogP contribution in [0, 0.1) is 17.0 Å². The molecule has 0 aliphatic carbocycles. The Balaban J connectivity index is 2.13. The highest BCUT2D eigenvalue weighted by molar-refractivity contribution is 5.55. The van der Waals surface area contributed by atoms with Gasteiger partial charge >= 0.3 is 0 Å². The summed E-state index contributed by atoms with van der Waals surface area (Å²) in [7, 11) is 0. The maximum atomic E-state index is 10.4. The van der Waals surface area contributed by atoms with Gasteiger partial charge < -0.3 is 9.47 Å². The van der Waals surface area contributed by atoms with E-state index in [-0.39, 0.29) is 0 Å². The standard InChI is InChI=1S/C18H19NO4/c1-3-22-18-12-15(10-11-19(20)21)8-9-17(18)23-13-16-6-4-14(2)5-7-16/h4-12H,3,13H2,1-2H3/b11-10+. The molecule has 0 fully saturated rings. The highest BCUT2D eigenvalue weighted by Gasteiger charge is 2.06. The van der Waals surface area contributed by atoms with Crippen LogP contribution in [-0.4, -0.2) is 11.5 Å². The number of ether oxygens (including phenoxy) is 2. The fraction of sp³-hybridized carbons (Fsp3) is 0.222. The highest BCUT2D eigenvalue weighted by atomic mass is 16.6. The molecule has 0 aliphatic rings. The third-order valence-electron chi connectivity index (χ3n) is 3.17. The first-order chi connectivity index (χ1) is 11.1. The average molecular weight is 313 g/mol. The van der Waals surface area contributed by atoms with Gasteiger partial charge in [-0.1, -0.05) is 35.9 Å². The van der Waals surface area contributed by atoms with Crippen molar-refractivity contribution in [1.82, 2.24) is 0 Å². The first-order valence-electron chi connectivity index (χ1n) is 7.35. The van der Waals surface area contributed by atoms with Gasteiger partial charge in [-0.15, -0.1) is 0 Å².